The number of esters is 1. The van der Waals surface area contributed by atoms with Crippen molar-refractivity contribution in [3.8, 4) is 5.75 Å². The predicted octanol–water partition coefficient (Wildman–Crippen LogP) is 3.40. The summed E-state index contributed by atoms with van der Waals surface area (Å²) in [6.45, 7) is 3.28. The van der Waals surface area contributed by atoms with Gasteiger partial charge in [-0.15, -0.1) is 0 Å². The second kappa shape index (κ2) is 7.58. The number of nitrogens with zero attached hydrogens (tertiary/aromatic N) is 1. The van der Waals surface area contributed by atoms with Crippen LogP contribution >= 0.6 is 11.6 Å². The van der Waals surface area contributed by atoms with Gasteiger partial charge in [0.2, 0.25) is 0 Å². The van der Waals surface area contributed by atoms with Gasteiger partial charge in [-0.05, 0) is 49.7 Å². The zero-order chi connectivity index (χ0) is 18.7. The summed E-state index contributed by atoms with van der Waals surface area (Å²) < 4.78 is 10.8. The molecule has 0 amide bonds. The van der Waals surface area contributed by atoms with Gasteiger partial charge in [-0.1, -0.05) is 23.7 Å². The summed E-state index contributed by atoms with van der Waals surface area (Å²) in [6, 6.07) is 12.1. The molecule has 0 bridgehead atoms. The fourth-order valence-electron chi connectivity index (χ4n) is 2.44. The number of halogens is 1. The number of carbonyl (C=O) groups excluding carboxylic acids is 1. The van der Waals surface area contributed by atoms with E-state index in [0.717, 1.165) is 5.56 Å². The molecular formula is C19H17ClN2O4. The molecule has 3 aromatic rings. The van der Waals surface area contributed by atoms with Gasteiger partial charge < -0.3 is 14.5 Å². The Morgan fingerprint density at radius 1 is 1.27 bits per heavy atom. The van der Waals surface area contributed by atoms with E-state index in [1.807, 2.05) is 6.92 Å². The van der Waals surface area contributed by atoms with E-state index in [1.54, 1.807) is 49.4 Å². The van der Waals surface area contributed by atoms with E-state index in [1.165, 1.54) is 0 Å². The van der Waals surface area contributed by atoms with Crippen LogP contribution in [0.5, 0.6) is 5.75 Å². The fourth-order valence-corrected chi connectivity index (χ4v) is 2.67. The second-order valence-electron chi connectivity index (χ2n) is 5.81. The number of para-hydroxylation sites is 1. The number of hydrogen-bond acceptors (Lipinski definition) is 5. The summed E-state index contributed by atoms with van der Waals surface area (Å²) in [6.07, 6.45) is -0.818. The maximum absolute atomic E-state index is 12.2. The highest BCUT2D eigenvalue weighted by Gasteiger charge is 2.18. The summed E-state index contributed by atoms with van der Waals surface area (Å²) >= 11 is 5.90. The van der Waals surface area contributed by atoms with E-state index in [9.17, 15) is 9.59 Å². The first kappa shape index (κ1) is 17.9. The van der Waals surface area contributed by atoms with Crippen molar-refractivity contribution >= 4 is 28.5 Å². The molecule has 0 radical (unpaired) electrons. The lowest BCUT2D eigenvalue weighted by Crippen LogP contribution is -2.27. The van der Waals surface area contributed by atoms with Crippen molar-refractivity contribution in [2.24, 2.45) is 0 Å². The van der Waals surface area contributed by atoms with E-state index in [-0.39, 0.29) is 18.0 Å². The first-order valence-electron chi connectivity index (χ1n) is 8.01. The summed E-state index contributed by atoms with van der Waals surface area (Å²) in [4.78, 5) is 31.1. The predicted molar refractivity (Wildman–Crippen MR) is 98.4 cm³/mol. The number of aryl methyl sites for hydroxylation is 1. The molecular weight excluding hydrogens is 356 g/mol. The SMILES string of the molecule is Cc1cc(Cl)ccc1O[C@H](C)C(=O)OCc1nc2ccccc2c(=O)[nH]1. The first-order chi connectivity index (χ1) is 12.4. The van der Waals surface area contributed by atoms with Crippen molar-refractivity contribution in [1.29, 1.82) is 0 Å². The first-order valence-corrected chi connectivity index (χ1v) is 8.39. The standard InChI is InChI=1S/C19H17ClN2O4/c1-11-9-13(20)7-8-16(11)26-12(2)19(24)25-10-17-21-15-6-4-3-5-14(15)18(23)22-17/h3-9,12H,10H2,1-2H3,(H,21,22,23)/t12-/m1/s1. The Hall–Kier alpha value is -2.86. The average Bonchev–Trinajstić information content (AvgIpc) is 2.62. The highest BCUT2D eigenvalue weighted by atomic mass is 35.5. The van der Waals surface area contributed by atoms with Crippen LogP contribution in [-0.2, 0) is 16.1 Å². The third-order valence-corrected chi connectivity index (χ3v) is 4.02. The highest BCUT2D eigenvalue weighted by Crippen LogP contribution is 2.23. The molecule has 134 valence electrons. The third-order valence-electron chi connectivity index (χ3n) is 3.79. The summed E-state index contributed by atoms with van der Waals surface area (Å²) in [5, 5.41) is 1.08. The van der Waals surface area contributed by atoms with Gasteiger partial charge in [-0.2, -0.15) is 0 Å². The molecule has 0 saturated heterocycles. The molecule has 0 aliphatic rings. The molecule has 0 aliphatic carbocycles. The molecule has 6 nitrogen and oxygen atoms in total. The second-order valence-corrected chi connectivity index (χ2v) is 6.24. The van der Waals surface area contributed by atoms with Crippen LogP contribution in [-0.4, -0.2) is 22.0 Å². The van der Waals surface area contributed by atoms with Crippen LogP contribution in [0.4, 0.5) is 0 Å². The zero-order valence-corrected chi connectivity index (χ0v) is 15.0. The van der Waals surface area contributed by atoms with Gasteiger partial charge in [0.1, 0.15) is 18.2 Å². The molecule has 0 unspecified atom stereocenters. The number of fused-ring (bicyclic) bond motifs is 1. The average molecular weight is 373 g/mol. The number of rotatable bonds is 5. The van der Waals surface area contributed by atoms with Crippen LogP contribution in [0.3, 0.4) is 0 Å². The van der Waals surface area contributed by atoms with Gasteiger partial charge in [0, 0.05) is 5.02 Å². The third kappa shape index (κ3) is 4.03. The van der Waals surface area contributed by atoms with E-state index in [0.29, 0.717) is 21.7 Å². The number of ether oxygens (including phenoxy) is 2. The number of hydrogen-bond donors (Lipinski definition) is 1. The summed E-state index contributed by atoms with van der Waals surface area (Å²) in [7, 11) is 0. The van der Waals surface area contributed by atoms with Gasteiger partial charge in [0.25, 0.3) is 5.56 Å². The molecule has 1 aromatic heterocycles. The summed E-state index contributed by atoms with van der Waals surface area (Å²) in [5.41, 5.74) is 1.09. The normalized spacial score (nSPS) is 12.0. The number of H-pyrrole nitrogens is 1. The van der Waals surface area contributed by atoms with Gasteiger partial charge in [0.05, 0.1) is 10.9 Å². The maximum atomic E-state index is 12.2. The Morgan fingerprint density at radius 2 is 2.04 bits per heavy atom. The molecule has 7 heteroatoms. The van der Waals surface area contributed by atoms with Gasteiger partial charge in [-0.25, -0.2) is 9.78 Å². The van der Waals surface area contributed by atoms with Crippen LogP contribution in [0.2, 0.25) is 5.02 Å². The topological polar surface area (TPSA) is 81.3 Å². The highest BCUT2D eigenvalue weighted by molar-refractivity contribution is 6.30. The summed E-state index contributed by atoms with van der Waals surface area (Å²) in [5.74, 6) is 0.267. The molecule has 0 saturated carbocycles. The van der Waals surface area contributed by atoms with E-state index < -0.39 is 12.1 Å². The molecule has 1 heterocycles. The van der Waals surface area contributed by atoms with E-state index in [4.69, 9.17) is 21.1 Å². The van der Waals surface area contributed by atoms with Crippen LogP contribution in [0.25, 0.3) is 10.9 Å². The fraction of sp³-hybridized carbons (Fsp3) is 0.211. The molecule has 1 atom stereocenters. The van der Waals surface area contributed by atoms with Crippen molar-refractivity contribution in [1.82, 2.24) is 9.97 Å². The molecule has 0 aliphatic heterocycles. The maximum Gasteiger partial charge on any atom is 0.347 e. The Kier molecular flexibility index (Phi) is 5.23. The molecule has 0 fully saturated rings. The Morgan fingerprint density at radius 3 is 2.81 bits per heavy atom. The number of nitrogens with one attached hydrogen (secondary N) is 1. The molecule has 2 aromatic carbocycles. The molecule has 0 spiro atoms. The van der Waals surface area contributed by atoms with Gasteiger partial charge >= 0.3 is 5.97 Å². The Labute approximate surface area is 154 Å². The minimum atomic E-state index is -0.818. The number of benzene rings is 2. The number of carbonyl (C=O) groups is 1. The minimum absolute atomic E-state index is 0.147. The lowest BCUT2D eigenvalue weighted by Gasteiger charge is -2.15. The van der Waals surface area contributed by atoms with Crippen molar-refractivity contribution in [3.05, 3.63) is 69.2 Å². The van der Waals surface area contributed by atoms with Crippen LogP contribution < -0.4 is 10.3 Å². The smallest absolute Gasteiger partial charge is 0.347 e. The van der Waals surface area contributed by atoms with Crippen molar-refractivity contribution < 1.29 is 14.3 Å². The van der Waals surface area contributed by atoms with Crippen LogP contribution in [0.15, 0.2) is 47.3 Å². The minimum Gasteiger partial charge on any atom is -0.479 e. The van der Waals surface area contributed by atoms with Gasteiger partial charge in [0.15, 0.2) is 6.10 Å². The van der Waals surface area contributed by atoms with Crippen LogP contribution in [0, 0.1) is 6.92 Å². The number of aromatic amines is 1. The lowest BCUT2D eigenvalue weighted by atomic mass is 10.2. The largest absolute Gasteiger partial charge is 0.479 e. The van der Waals surface area contributed by atoms with Crippen LogP contribution in [0.1, 0.15) is 18.3 Å². The molecule has 1 N–H and O–H groups in total. The molecule has 26 heavy (non-hydrogen) atoms. The monoisotopic (exact) mass is 372 g/mol. The van der Waals surface area contributed by atoms with E-state index >= 15 is 0 Å². The number of aromatic nitrogens is 2. The zero-order valence-electron chi connectivity index (χ0n) is 14.3. The van der Waals surface area contributed by atoms with Gasteiger partial charge in [-0.3, -0.25) is 4.79 Å². The quantitative estimate of drug-likeness (QED) is 0.694. The van der Waals surface area contributed by atoms with E-state index in [2.05, 4.69) is 9.97 Å². The Balaban J connectivity index is 1.65. The molecule has 3 rings (SSSR count). The Bertz CT molecular complexity index is 1020. The van der Waals surface area contributed by atoms with Crippen molar-refractivity contribution in [3.63, 3.8) is 0 Å². The van der Waals surface area contributed by atoms with Crippen molar-refractivity contribution in [2.45, 2.75) is 26.6 Å². The lowest BCUT2D eigenvalue weighted by molar-refractivity contribution is -0.152. The van der Waals surface area contributed by atoms with Crippen molar-refractivity contribution in [2.75, 3.05) is 0 Å².